The van der Waals surface area contributed by atoms with E-state index in [1.807, 2.05) is 60.4 Å². The van der Waals surface area contributed by atoms with Gasteiger partial charge in [0.25, 0.3) is 5.91 Å². The molecule has 0 atom stereocenters. The number of aryl methyl sites for hydroxylation is 1. The number of nitrogens with zero attached hydrogens (tertiary/aromatic N) is 4. The summed E-state index contributed by atoms with van der Waals surface area (Å²) < 4.78 is 1.76. The second kappa shape index (κ2) is 10.5. The summed E-state index contributed by atoms with van der Waals surface area (Å²) in [6.45, 7) is 4.78. The van der Waals surface area contributed by atoms with Crippen LogP contribution in [0.5, 0.6) is 0 Å². The number of nitrogens with one attached hydrogen (secondary N) is 1. The molecule has 1 N–H and O–H groups in total. The van der Waals surface area contributed by atoms with E-state index in [-0.39, 0.29) is 11.8 Å². The maximum Gasteiger partial charge on any atom is 0.253 e. The molecule has 1 fully saturated rings. The van der Waals surface area contributed by atoms with Gasteiger partial charge in [0.1, 0.15) is 5.01 Å². The standard InChI is InChI=1S/C22H22BrN5O2S2/c1-15-25-26-22(32-15)31-14-20(29)24-18-6-8-19(9-7-18)27-10-12-28(13-11-27)21(30)16-2-4-17(23)5-3-16/h2-9H,10-14H2,1H3,(H,24,29). The molecule has 2 heterocycles. The van der Waals surface area contributed by atoms with Crippen LogP contribution in [0.3, 0.4) is 0 Å². The third-order valence-corrected chi connectivity index (χ3v) is 7.51. The number of anilines is 2. The average molecular weight is 532 g/mol. The van der Waals surface area contributed by atoms with Gasteiger partial charge in [-0.25, -0.2) is 0 Å². The molecule has 1 aliphatic heterocycles. The summed E-state index contributed by atoms with van der Waals surface area (Å²) in [4.78, 5) is 29.0. The van der Waals surface area contributed by atoms with Crippen LogP contribution in [0, 0.1) is 6.92 Å². The van der Waals surface area contributed by atoms with Gasteiger partial charge >= 0.3 is 0 Å². The minimum absolute atomic E-state index is 0.0665. The fraction of sp³-hybridized carbons (Fsp3) is 0.273. The second-order valence-corrected chi connectivity index (χ2v) is 10.6. The lowest BCUT2D eigenvalue weighted by Crippen LogP contribution is -2.48. The van der Waals surface area contributed by atoms with Crippen molar-refractivity contribution in [2.24, 2.45) is 0 Å². The molecular weight excluding hydrogens is 510 g/mol. The third kappa shape index (κ3) is 5.87. The van der Waals surface area contributed by atoms with Crippen LogP contribution < -0.4 is 10.2 Å². The molecule has 2 aromatic carbocycles. The largest absolute Gasteiger partial charge is 0.368 e. The lowest BCUT2D eigenvalue weighted by Gasteiger charge is -2.36. The van der Waals surface area contributed by atoms with Gasteiger partial charge in [0.15, 0.2) is 4.34 Å². The van der Waals surface area contributed by atoms with Crippen LogP contribution in [0.4, 0.5) is 11.4 Å². The van der Waals surface area contributed by atoms with Crippen LogP contribution in [-0.4, -0.2) is 58.8 Å². The van der Waals surface area contributed by atoms with Crippen LogP contribution >= 0.6 is 39.0 Å². The fourth-order valence-electron chi connectivity index (χ4n) is 3.36. The Morgan fingerprint density at radius 1 is 1.03 bits per heavy atom. The molecule has 0 saturated carbocycles. The molecule has 32 heavy (non-hydrogen) atoms. The van der Waals surface area contributed by atoms with E-state index in [4.69, 9.17) is 0 Å². The minimum Gasteiger partial charge on any atom is -0.368 e. The summed E-state index contributed by atoms with van der Waals surface area (Å²) in [6.07, 6.45) is 0. The zero-order valence-corrected chi connectivity index (χ0v) is 20.7. The zero-order chi connectivity index (χ0) is 22.5. The Morgan fingerprint density at radius 2 is 1.72 bits per heavy atom. The van der Waals surface area contributed by atoms with Crippen LogP contribution in [0.25, 0.3) is 0 Å². The van der Waals surface area contributed by atoms with Crippen molar-refractivity contribution in [3.05, 3.63) is 63.6 Å². The quantitative estimate of drug-likeness (QED) is 0.477. The maximum absolute atomic E-state index is 12.7. The average Bonchev–Trinajstić information content (AvgIpc) is 3.23. The molecule has 7 nitrogen and oxygen atoms in total. The molecule has 166 valence electrons. The van der Waals surface area contributed by atoms with E-state index in [1.54, 1.807) is 0 Å². The highest BCUT2D eigenvalue weighted by Gasteiger charge is 2.22. The van der Waals surface area contributed by atoms with E-state index in [0.29, 0.717) is 24.4 Å². The Labute approximate surface area is 203 Å². The molecule has 0 spiro atoms. The van der Waals surface area contributed by atoms with Crippen LogP contribution in [0.15, 0.2) is 57.3 Å². The second-order valence-electron chi connectivity index (χ2n) is 7.26. The van der Waals surface area contributed by atoms with E-state index in [9.17, 15) is 9.59 Å². The first-order valence-electron chi connectivity index (χ1n) is 10.1. The van der Waals surface area contributed by atoms with Crippen molar-refractivity contribution < 1.29 is 9.59 Å². The highest BCUT2D eigenvalue weighted by molar-refractivity contribution is 9.10. The molecule has 1 aromatic heterocycles. The minimum atomic E-state index is -0.0735. The summed E-state index contributed by atoms with van der Waals surface area (Å²) in [5, 5.41) is 11.8. The van der Waals surface area contributed by atoms with Gasteiger partial charge < -0.3 is 15.1 Å². The van der Waals surface area contributed by atoms with Crippen molar-refractivity contribution in [2.75, 3.05) is 42.1 Å². The number of benzene rings is 2. The Kier molecular flexibility index (Phi) is 7.44. The van der Waals surface area contributed by atoms with E-state index in [2.05, 4.69) is 36.3 Å². The number of aromatic nitrogens is 2. The number of halogens is 1. The van der Waals surface area contributed by atoms with Crippen molar-refractivity contribution in [1.29, 1.82) is 0 Å². The Balaban J connectivity index is 1.26. The number of thioether (sulfide) groups is 1. The van der Waals surface area contributed by atoms with Crippen LogP contribution in [-0.2, 0) is 4.79 Å². The van der Waals surface area contributed by atoms with E-state index in [0.717, 1.165) is 38.3 Å². The maximum atomic E-state index is 12.7. The molecule has 1 aliphatic rings. The summed E-state index contributed by atoms with van der Waals surface area (Å²) in [6, 6.07) is 15.3. The van der Waals surface area contributed by atoms with E-state index < -0.39 is 0 Å². The molecule has 0 unspecified atom stereocenters. The predicted molar refractivity (Wildman–Crippen MR) is 133 cm³/mol. The topological polar surface area (TPSA) is 78.4 Å². The van der Waals surface area contributed by atoms with E-state index in [1.165, 1.54) is 23.1 Å². The summed E-state index contributed by atoms with van der Waals surface area (Å²) >= 11 is 6.27. The molecule has 1 saturated heterocycles. The van der Waals surface area contributed by atoms with Crippen molar-refractivity contribution >= 4 is 62.2 Å². The first-order valence-corrected chi connectivity index (χ1v) is 12.7. The van der Waals surface area contributed by atoms with Gasteiger partial charge in [0.2, 0.25) is 5.91 Å². The number of carbonyl (C=O) groups is 2. The Bertz CT molecular complexity index is 1080. The van der Waals surface area contributed by atoms with Gasteiger partial charge in [-0.3, -0.25) is 9.59 Å². The summed E-state index contributed by atoms with van der Waals surface area (Å²) in [5.74, 6) is 0.289. The molecule has 4 rings (SSSR count). The highest BCUT2D eigenvalue weighted by Crippen LogP contribution is 2.23. The molecule has 3 aromatic rings. The Hall–Kier alpha value is -2.43. The van der Waals surface area contributed by atoms with Crippen molar-refractivity contribution in [1.82, 2.24) is 15.1 Å². The predicted octanol–water partition coefficient (Wildman–Crippen LogP) is 4.30. The number of amides is 2. The van der Waals surface area contributed by atoms with Gasteiger partial charge in [-0.2, -0.15) is 0 Å². The summed E-state index contributed by atoms with van der Waals surface area (Å²) in [7, 11) is 0. The van der Waals surface area contributed by atoms with Gasteiger partial charge in [0.05, 0.1) is 5.75 Å². The number of rotatable bonds is 6. The third-order valence-electron chi connectivity index (χ3n) is 5.01. The fourth-order valence-corrected chi connectivity index (χ4v) is 5.24. The number of hydrogen-bond acceptors (Lipinski definition) is 7. The zero-order valence-electron chi connectivity index (χ0n) is 17.5. The molecule has 0 aliphatic carbocycles. The van der Waals surface area contributed by atoms with Crippen LogP contribution in [0.1, 0.15) is 15.4 Å². The number of carbonyl (C=O) groups excluding carboxylic acids is 2. The lowest BCUT2D eigenvalue weighted by molar-refractivity contribution is -0.113. The van der Waals surface area contributed by atoms with Gasteiger partial charge in [0, 0.05) is 47.6 Å². The van der Waals surface area contributed by atoms with Crippen molar-refractivity contribution in [3.8, 4) is 0 Å². The monoisotopic (exact) mass is 531 g/mol. The van der Waals surface area contributed by atoms with Gasteiger partial charge in [-0.1, -0.05) is 39.0 Å². The SMILES string of the molecule is Cc1nnc(SCC(=O)Nc2ccc(N3CCN(C(=O)c4ccc(Br)cc4)CC3)cc2)s1. The number of piperazine rings is 1. The smallest absolute Gasteiger partial charge is 0.253 e. The van der Waals surface area contributed by atoms with E-state index >= 15 is 0 Å². The first-order chi connectivity index (χ1) is 15.5. The van der Waals surface area contributed by atoms with Crippen molar-refractivity contribution in [3.63, 3.8) is 0 Å². The van der Waals surface area contributed by atoms with Gasteiger partial charge in [-0.15, -0.1) is 10.2 Å². The molecule has 0 radical (unpaired) electrons. The highest BCUT2D eigenvalue weighted by atomic mass is 79.9. The van der Waals surface area contributed by atoms with Gasteiger partial charge in [-0.05, 0) is 55.5 Å². The first kappa shape index (κ1) is 22.8. The lowest BCUT2D eigenvalue weighted by atomic mass is 10.1. The molecular formula is C22H22BrN5O2S2. The Morgan fingerprint density at radius 3 is 2.34 bits per heavy atom. The molecule has 0 bridgehead atoms. The number of hydrogen-bond donors (Lipinski definition) is 1. The molecule has 10 heteroatoms. The summed E-state index contributed by atoms with van der Waals surface area (Å²) in [5.41, 5.74) is 2.55. The normalized spacial score (nSPS) is 13.8. The van der Waals surface area contributed by atoms with Crippen LogP contribution in [0.2, 0.25) is 0 Å². The molecule has 2 amide bonds. The van der Waals surface area contributed by atoms with Crippen molar-refractivity contribution in [2.45, 2.75) is 11.3 Å².